The molecule has 27 heavy (non-hydrogen) atoms. The highest BCUT2D eigenvalue weighted by molar-refractivity contribution is 5.95. The molecule has 0 bridgehead atoms. The lowest BCUT2D eigenvalue weighted by molar-refractivity contribution is -0.117. The Balaban J connectivity index is 0.00000225. The van der Waals surface area contributed by atoms with Gasteiger partial charge in [0.25, 0.3) is 0 Å². The highest BCUT2D eigenvalue weighted by Gasteiger charge is 2.21. The zero-order valence-electron chi connectivity index (χ0n) is 15.7. The molecule has 1 unspecified atom stereocenters. The van der Waals surface area contributed by atoms with Crippen molar-refractivity contribution in [1.82, 2.24) is 15.1 Å². The molecule has 1 atom stereocenters. The molecule has 6 nitrogen and oxygen atoms in total. The summed E-state index contributed by atoms with van der Waals surface area (Å²) in [4.78, 5) is 16.8. The molecule has 1 aromatic rings. The van der Waals surface area contributed by atoms with Crippen LogP contribution in [-0.4, -0.2) is 74.7 Å². The second-order valence-corrected chi connectivity index (χ2v) is 6.66. The second kappa shape index (κ2) is 13.4. The van der Waals surface area contributed by atoms with Gasteiger partial charge in [-0.2, -0.15) is 0 Å². The molecule has 0 radical (unpaired) electrons. The maximum Gasteiger partial charge on any atom is 0.241 e. The van der Waals surface area contributed by atoms with E-state index in [2.05, 4.69) is 27.5 Å². The largest absolute Gasteiger partial charge is 0.492 e. The summed E-state index contributed by atoms with van der Waals surface area (Å²) in [5.41, 5.74) is 0.820. The number of carbonyl (C=O) groups excluding carboxylic acids is 1. The molecule has 156 valence electrons. The number of nitrogens with one attached hydrogen (secondary N) is 2. The van der Waals surface area contributed by atoms with E-state index in [4.69, 9.17) is 4.74 Å². The number of nitrogens with zero attached hydrogens (tertiary/aromatic N) is 2. The van der Waals surface area contributed by atoms with E-state index in [9.17, 15) is 4.79 Å². The molecule has 0 aliphatic carbocycles. The zero-order chi connectivity index (χ0) is 16.8. The number of anilines is 1. The lowest BCUT2D eigenvalue weighted by Gasteiger charge is -2.32. The molecule has 2 saturated heterocycles. The molecule has 2 aliphatic heterocycles. The van der Waals surface area contributed by atoms with Crippen LogP contribution in [0, 0.1) is 0 Å². The molecule has 2 aliphatic rings. The van der Waals surface area contributed by atoms with Gasteiger partial charge in [0, 0.05) is 38.4 Å². The monoisotopic (exact) mass is 440 g/mol. The van der Waals surface area contributed by atoms with Crippen LogP contribution in [-0.2, 0) is 4.79 Å². The summed E-state index contributed by atoms with van der Waals surface area (Å²) < 4.78 is 5.82. The minimum Gasteiger partial charge on any atom is -0.492 e. The topological polar surface area (TPSA) is 56.8 Å². The highest BCUT2D eigenvalue weighted by atomic mass is 35.5. The van der Waals surface area contributed by atoms with Gasteiger partial charge in [0.2, 0.25) is 5.91 Å². The smallest absolute Gasteiger partial charge is 0.241 e. The van der Waals surface area contributed by atoms with E-state index in [0.29, 0.717) is 6.61 Å². The van der Waals surface area contributed by atoms with Crippen molar-refractivity contribution >= 4 is 48.8 Å². The summed E-state index contributed by atoms with van der Waals surface area (Å²) in [5, 5.41) is 6.16. The summed E-state index contributed by atoms with van der Waals surface area (Å²) in [5.74, 6) is 0.900. The number of likely N-dealkylation sites (N-methyl/N-ethyl adjacent to an activating group) is 1. The van der Waals surface area contributed by atoms with Crippen LogP contribution in [0.15, 0.2) is 24.3 Å². The van der Waals surface area contributed by atoms with Crippen molar-refractivity contribution < 1.29 is 9.53 Å². The first-order chi connectivity index (χ1) is 11.7. The first-order valence-corrected chi connectivity index (χ1v) is 8.89. The third kappa shape index (κ3) is 8.42. The Morgan fingerprint density at radius 2 is 1.81 bits per heavy atom. The maximum absolute atomic E-state index is 12.1. The van der Waals surface area contributed by atoms with Crippen LogP contribution in [0.25, 0.3) is 0 Å². The molecule has 1 aromatic carbocycles. The van der Waals surface area contributed by atoms with Crippen LogP contribution in [0.4, 0.5) is 5.69 Å². The molecular weight excluding hydrogens is 411 g/mol. The summed E-state index contributed by atoms with van der Waals surface area (Å²) in [7, 11) is 2.16. The average molecular weight is 442 g/mol. The first-order valence-electron chi connectivity index (χ1n) is 8.89. The summed E-state index contributed by atoms with van der Waals surface area (Å²) in [6.45, 7) is 7.06. The van der Waals surface area contributed by atoms with E-state index in [1.54, 1.807) is 0 Å². The number of hydrogen-bond acceptors (Lipinski definition) is 5. The number of piperazine rings is 1. The van der Waals surface area contributed by atoms with E-state index >= 15 is 0 Å². The van der Waals surface area contributed by atoms with Gasteiger partial charge in [-0.1, -0.05) is 0 Å². The molecule has 2 fully saturated rings. The third-order valence-corrected chi connectivity index (χ3v) is 4.77. The van der Waals surface area contributed by atoms with Gasteiger partial charge < -0.3 is 20.3 Å². The first kappa shape index (κ1) is 26.2. The third-order valence-electron chi connectivity index (χ3n) is 4.77. The predicted molar refractivity (Wildman–Crippen MR) is 117 cm³/mol. The Kier molecular flexibility index (Phi) is 13.0. The van der Waals surface area contributed by atoms with Gasteiger partial charge in [0.1, 0.15) is 12.4 Å². The SMILES string of the molecule is CN1CCN(CCOc2ccc(NC(=O)C3CCCN3)cc2)CC1.Cl.Cl.Cl. The highest BCUT2D eigenvalue weighted by Crippen LogP contribution is 2.17. The van der Waals surface area contributed by atoms with Gasteiger partial charge in [-0.05, 0) is 50.7 Å². The van der Waals surface area contributed by atoms with Crippen molar-refractivity contribution in [2.45, 2.75) is 18.9 Å². The fourth-order valence-corrected chi connectivity index (χ4v) is 3.14. The Morgan fingerprint density at radius 1 is 1.15 bits per heavy atom. The minimum absolute atomic E-state index is 0. The Bertz CT molecular complexity index is 534. The van der Waals surface area contributed by atoms with Crippen LogP contribution < -0.4 is 15.4 Å². The minimum atomic E-state index is -0.0514. The van der Waals surface area contributed by atoms with Gasteiger partial charge in [-0.15, -0.1) is 37.2 Å². The molecule has 0 aromatic heterocycles. The van der Waals surface area contributed by atoms with Gasteiger partial charge in [0.15, 0.2) is 0 Å². The number of hydrogen-bond donors (Lipinski definition) is 2. The van der Waals surface area contributed by atoms with Crippen LogP contribution >= 0.6 is 37.2 Å². The standard InChI is InChI=1S/C18H28N4O2.3ClH/c1-21-9-11-22(12-10-21)13-14-24-16-6-4-15(5-7-16)20-18(23)17-3-2-8-19-17;;;/h4-7,17,19H,2-3,8-14H2,1H3,(H,20,23);3*1H. The van der Waals surface area contributed by atoms with E-state index < -0.39 is 0 Å². The fraction of sp³-hybridized carbons (Fsp3) is 0.611. The normalized spacial score (nSPS) is 20.0. The molecular formula is C18H31Cl3N4O2. The van der Waals surface area contributed by atoms with Crippen molar-refractivity contribution in [3.05, 3.63) is 24.3 Å². The van der Waals surface area contributed by atoms with Gasteiger partial charge in [0.05, 0.1) is 6.04 Å². The van der Waals surface area contributed by atoms with Gasteiger partial charge in [-0.3, -0.25) is 9.69 Å². The second-order valence-electron chi connectivity index (χ2n) is 6.66. The van der Waals surface area contributed by atoms with E-state index in [0.717, 1.165) is 63.5 Å². The van der Waals surface area contributed by atoms with Crippen molar-refractivity contribution in [3.63, 3.8) is 0 Å². The van der Waals surface area contributed by atoms with Crippen LogP contribution in [0.1, 0.15) is 12.8 Å². The Morgan fingerprint density at radius 3 is 2.41 bits per heavy atom. The van der Waals surface area contributed by atoms with Crippen LogP contribution in [0.3, 0.4) is 0 Å². The molecule has 3 rings (SSSR count). The lowest BCUT2D eigenvalue weighted by Crippen LogP contribution is -2.45. The number of ether oxygens (including phenoxy) is 1. The van der Waals surface area contributed by atoms with Gasteiger partial charge in [-0.25, -0.2) is 0 Å². The van der Waals surface area contributed by atoms with Crippen molar-refractivity contribution in [2.24, 2.45) is 0 Å². The Hall–Kier alpha value is -0.760. The number of benzene rings is 1. The summed E-state index contributed by atoms with van der Waals surface area (Å²) >= 11 is 0. The van der Waals surface area contributed by atoms with Crippen molar-refractivity contribution in [1.29, 1.82) is 0 Å². The number of rotatable bonds is 6. The fourth-order valence-electron chi connectivity index (χ4n) is 3.14. The van der Waals surface area contributed by atoms with E-state index in [1.807, 2.05) is 24.3 Å². The molecule has 9 heteroatoms. The molecule has 0 saturated carbocycles. The van der Waals surface area contributed by atoms with Crippen LogP contribution in [0.5, 0.6) is 5.75 Å². The van der Waals surface area contributed by atoms with E-state index in [1.165, 1.54) is 0 Å². The molecule has 1 amide bonds. The summed E-state index contributed by atoms with van der Waals surface area (Å²) in [6, 6.07) is 7.59. The summed E-state index contributed by atoms with van der Waals surface area (Å²) in [6.07, 6.45) is 1.98. The Labute approximate surface area is 180 Å². The number of carbonyl (C=O) groups is 1. The number of amides is 1. The lowest BCUT2D eigenvalue weighted by atomic mass is 10.2. The molecule has 2 heterocycles. The molecule has 2 N–H and O–H groups in total. The molecule has 0 spiro atoms. The zero-order valence-corrected chi connectivity index (χ0v) is 18.1. The van der Waals surface area contributed by atoms with Crippen molar-refractivity contribution in [2.75, 3.05) is 58.2 Å². The number of halogens is 3. The van der Waals surface area contributed by atoms with Gasteiger partial charge >= 0.3 is 0 Å². The average Bonchev–Trinajstić information content (AvgIpc) is 3.13. The van der Waals surface area contributed by atoms with Crippen LogP contribution in [0.2, 0.25) is 0 Å². The maximum atomic E-state index is 12.1. The quantitative estimate of drug-likeness (QED) is 0.709. The van der Waals surface area contributed by atoms with E-state index in [-0.39, 0.29) is 49.2 Å². The van der Waals surface area contributed by atoms with Crippen molar-refractivity contribution in [3.8, 4) is 5.75 Å². The predicted octanol–water partition coefficient (Wildman–Crippen LogP) is 2.27.